The SMILES string of the molecule is Brc1cccc(-c2nc(-c3cccc(Br)c3)nc(-c3ccc4ccccc4c3)n2)c1. The molecule has 3 nitrogen and oxygen atoms in total. The van der Waals surface area contributed by atoms with Crippen LogP contribution >= 0.6 is 31.9 Å². The third kappa shape index (κ3) is 3.91. The molecule has 1 heterocycles. The molecule has 0 saturated heterocycles. The molecular formula is C25H15Br2N3. The van der Waals surface area contributed by atoms with E-state index in [9.17, 15) is 0 Å². The van der Waals surface area contributed by atoms with Crippen molar-refractivity contribution >= 4 is 42.6 Å². The average molecular weight is 517 g/mol. The number of benzene rings is 4. The molecule has 0 aliphatic rings. The highest BCUT2D eigenvalue weighted by molar-refractivity contribution is 9.10. The van der Waals surface area contributed by atoms with Crippen LogP contribution in [0.15, 0.2) is 99.9 Å². The first-order valence-corrected chi connectivity index (χ1v) is 11.0. The van der Waals surface area contributed by atoms with Crippen LogP contribution < -0.4 is 0 Å². The Morgan fingerprint density at radius 1 is 0.433 bits per heavy atom. The molecule has 0 unspecified atom stereocenters. The lowest BCUT2D eigenvalue weighted by atomic mass is 10.1. The van der Waals surface area contributed by atoms with Crippen LogP contribution in [0.2, 0.25) is 0 Å². The molecule has 0 bridgehead atoms. The van der Waals surface area contributed by atoms with E-state index in [0.29, 0.717) is 17.5 Å². The number of aromatic nitrogens is 3. The fourth-order valence-electron chi connectivity index (χ4n) is 3.35. The van der Waals surface area contributed by atoms with Gasteiger partial charge in [-0.05, 0) is 41.1 Å². The van der Waals surface area contributed by atoms with E-state index in [4.69, 9.17) is 15.0 Å². The van der Waals surface area contributed by atoms with E-state index in [1.165, 1.54) is 5.39 Å². The van der Waals surface area contributed by atoms with Gasteiger partial charge in [0.05, 0.1) is 0 Å². The molecule has 0 N–H and O–H groups in total. The van der Waals surface area contributed by atoms with Crippen LogP contribution in [0.1, 0.15) is 0 Å². The molecule has 0 aliphatic heterocycles. The van der Waals surface area contributed by atoms with Crippen molar-refractivity contribution in [3.8, 4) is 34.2 Å². The molecule has 0 amide bonds. The van der Waals surface area contributed by atoms with Crippen molar-refractivity contribution in [2.24, 2.45) is 0 Å². The van der Waals surface area contributed by atoms with Gasteiger partial charge in [0.25, 0.3) is 0 Å². The maximum Gasteiger partial charge on any atom is 0.164 e. The van der Waals surface area contributed by atoms with Crippen molar-refractivity contribution in [2.75, 3.05) is 0 Å². The summed E-state index contributed by atoms with van der Waals surface area (Å²) in [5.41, 5.74) is 2.83. The van der Waals surface area contributed by atoms with E-state index in [2.05, 4.69) is 62.2 Å². The molecule has 144 valence electrons. The molecule has 30 heavy (non-hydrogen) atoms. The van der Waals surface area contributed by atoms with E-state index in [0.717, 1.165) is 31.0 Å². The van der Waals surface area contributed by atoms with Crippen LogP contribution in [0.3, 0.4) is 0 Å². The fraction of sp³-hybridized carbons (Fsp3) is 0. The first-order chi connectivity index (χ1) is 14.7. The Labute approximate surface area is 191 Å². The van der Waals surface area contributed by atoms with Crippen molar-refractivity contribution in [2.45, 2.75) is 0 Å². The quantitative estimate of drug-likeness (QED) is 0.248. The normalized spacial score (nSPS) is 11.0. The highest BCUT2D eigenvalue weighted by Crippen LogP contribution is 2.28. The summed E-state index contributed by atoms with van der Waals surface area (Å²) in [6.07, 6.45) is 0. The molecule has 0 fully saturated rings. The molecule has 0 aliphatic carbocycles. The first-order valence-electron chi connectivity index (χ1n) is 9.43. The molecule has 4 aromatic carbocycles. The monoisotopic (exact) mass is 515 g/mol. The highest BCUT2D eigenvalue weighted by atomic mass is 79.9. The average Bonchev–Trinajstić information content (AvgIpc) is 2.78. The van der Waals surface area contributed by atoms with E-state index in [-0.39, 0.29) is 0 Å². The van der Waals surface area contributed by atoms with Crippen molar-refractivity contribution in [1.29, 1.82) is 0 Å². The maximum absolute atomic E-state index is 4.81. The van der Waals surface area contributed by atoms with E-state index in [1.54, 1.807) is 0 Å². The predicted octanol–water partition coefficient (Wildman–Crippen LogP) is 7.55. The van der Waals surface area contributed by atoms with Gasteiger partial charge in [-0.25, -0.2) is 15.0 Å². The van der Waals surface area contributed by atoms with Gasteiger partial charge in [-0.15, -0.1) is 0 Å². The Balaban J connectivity index is 1.73. The fourth-order valence-corrected chi connectivity index (χ4v) is 4.15. The topological polar surface area (TPSA) is 38.7 Å². The lowest BCUT2D eigenvalue weighted by molar-refractivity contribution is 1.07. The number of nitrogens with zero attached hydrogens (tertiary/aromatic N) is 3. The smallest absolute Gasteiger partial charge is 0.164 e. The molecule has 0 radical (unpaired) electrons. The Morgan fingerprint density at radius 3 is 1.47 bits per heavy atom. The Morgan fingerprint density at radius 2 is 0.933 bits per heavy atom. The number of hydrogen-bond donors (Lipinski definition) is 0. The maximum atomic E-state index is 4.81. The van der Waals surface area contributed by atoms with Gasteiger partial charge in [0.1, 0.15) is 0 Å². The second-order valence-corrected chi connectivity index (χ2v) is 8.72. The molecule has 5 aromatic rings. The summed E-state index contributed by atoms with van der Waals surface area (Å²) in [6.45, 7) is 0. The summed E-state index contributed by atoms with van der Waals surface area (Å²) < 4.78 is 1.97. The molecule has 0 spiro atoms. The summed E-state index contributed by atoms with van der Waals surface area (Å²) in [6, 6.07) is 30.6. The molecule has 5 rings (SSSR count). The van der Waals surface area contributed by atoms with Gasteiger partial charge in [-0.2, -0.15) is 0 Å². The zero-order valence-corrected chi connectivity index (χ0v) is 18.9. The standard InChI is InChI=1S/C25H15Br2N3/c26-21-9-3-7-18(14-21)23-28-24(19-8-4-10-22(27)15-19)30-25(29-23)20-12-11-16-5-1-2-6-17(16)13-20/h1-15H. The molecule has 0 atom stereocenters. The van der Waals surface area contributed by atoms with Gasteiger partial charge in [-0.3, -0.25) is 0 Å². The minimum Gasteiger partial charge on any atom is -0.208 e. The lowest BCUT2D eigenvalue weighted by Gasteiger charge is -2.09. The highest BCUT2D eigenvalue weighted by Gasteiger charge is 2.13. The third-order valence-corrected chi connectivity index (χ3v) is 5.80. The van der Waals surface area contributed by atoms with E-state index in [1.807, 2.05) is 60.7 Å². The lowest BCUT2D eigenvalue weighted by Crippen LogP contribution is -2.00. The molecule has 5 heteroatoms. The van der Waals surface area contributed by atoms with Crippen LogP contribution in [-0.4, -0.2) is 15.0 Å². The second kappa shape index (κ2) is 8.09. The zero-order valence-electron chi connectivity index (χ0n) is 15.8. The van der Waals surface area contributed by atoms with Crippen LogP contribution in [0.4, 0.5) is 0 Å². The number of hydrogen-bond acceptors (Lipinski definition) is 3. The van der Waals surface area contributed by atoms with E-state index < -0.39 is 0 Å². The third-order valence-electron chi connectivity index (χ3n) is 4.81. The van der Waals surface area contributed by atoms with Gasteiger partial charge >= 0.3 is 0 Å². The van der Waals surface area contributed by atoms with Gasteiger partial charge in [0.2, 0.25) is 0 Å². The van der Waals surface area contributed by atoms with Crippen LogP contribution in [0.5, 0.6) is 0 Å². The van der Waals surface area contributed by atoms with Crippen LogP contribution in [0, 0.1) is 0 Å². The van der Waals surface area contributed by atoms with Gasteiger partial charge in [0, 0.05) is 25.6 Å². The Hall–Kier alpha value is -2.89. The summed E-state index contributed by atoms with van der Waals surface area (Å²) in [5, 5.41) is 2.35. The zero-order chi connectivity index (χ0) is 20.5. The minimum atomic E-state index is 0.643. The first kappa shape index (κ1) is 19.1. The van der Waals surface area contributed by atoms with Crippen molar-refractivity contribution in [3.05, 3.63) is 99.9 Å². The summed E-state index contributed by atoms with van der Waals surface area (Å²) in [4.78, 5) is 14.4. The largest absolute Gasteiger partial charge is 0.208 e. The number of rotatable bonds is 3. The molecule has 0 saturated carbocycles. The second-order valence-electron chi connectivity index (χ2n) is 6.89. The molecule has 1 aromatic heterocycles. The summed E-state index contributed by atoms with van der Waals surface area (Å²) in [5.74, 6) is 1.94. The van der Waals surface area contributed by atoms with Crippen molar-refractivity contribution in [3.63, 3.8) is 0 Å². The number of halogens is 2. The van der Waals surface area contributed by atoms with Gasteiger partial charge in [-0.1, -0.05) is 92.5 Å². The van der Waals surface area contributed by atoms with E-state index >= 15 is 0 Å². The van der Waals surface area contributed by atoms with Gasteiger partial charge in [0.15, 0.2) is 17.5 Å². The molecular weight excluding hydrogens is 502 g/mol. The Kier molecular flexibility index (Phi) is 5.15. The number of fused-ring (bicyclic) bond motifs is 1. The predicted molar refractivity (Wildman–Crippen MR) is 129 cm³/mol. The van der Waals surface area contributed by atoms with Gasteiger partial charge < -0.3 is 0 Å². The summed E-state index contributed by atoms with van der Waals surface area (Å²) in [7, 11) is 0. The minimum absolute atomic E-state index is 0.643. The van der Waals surface area contributed by atoms with Crippen molar-refractivity contribution < 1.29 is 0 Å². The van der Waals surface area contributed by atoms with Crippen LogP contribution in [0.25, 0.3) is 44.9 Å². The Bertz CT molecular complexity index is 1320. The summed E-state index contributed by atoms with van der Waals surface area (Å²) >= 11 is 7.09. The van der Waals surface area contributed by atoms with Crippen LogP contribution in [-0.2, 0) is 0 Å². The van der Waals surface area contributed by atoms with Crippen molar-refractivity contribution in [1.82, 2.24) is 15.0 Å².